The molecule has 11 heteroatoms. The van der Waals surface area contributed by atoms with Crippen molar-refractivity contribution in [2.24, 2.45) is 0 Å². The van der Waals surface area contributed by atoms with E-state index in [9.17, 15) is 14.4 Å². The number of ether oxygens (including phenoxy) is 1. The molecule has 2 aliphatic rings. The van der Waals surface area contributed by atoms with Crippen molar-refractivity contribution in [3.8, 4) is 5.88 Å². The van der Waals surface area contributed by atoms with Crippen molar-refractivity contribution in [3.05, 3.63) is 83.3 Å². The molecular weight excluding hydrogens is 536 g/mol. The number of carboxylic acid groups (broad SMARTS) is 1. The molecule has 3 aromatic rings. The van der Waals surface area contributed by atoms with Gasteiger partial charge in [-0.15, -0.1) is 0 Å². The Balaban J connectivity index is 1.05. The first-order chi connectivity index (χ1) is 20.3. The monoisotopic (exact) mass is 572 g/mol. The fourth-order valence-electron chi connectivity index (χ4n) is 5.22. The summed E-state index contributed by atoms with van der Waals surface area (Å²) in [6.45, 7) is 7.08. The van der Waals surface area contributed by atoms with Crippen LogP contribution in [0.3, 0.4) is 0 Å². The predicted molar refractivity (Wildman–Crippen MR) is 156 cm³/mol. The molecule has 1 aromatic carbocycles. The van der Waals surface area contributed by atoms with Gasteiger partial charge in [0.2, 0.25) is 5.88 Å². The van der Waals surface area contributed by atoms with Crippen LogP contribution in [0.1, 0.15) is 58.2 Å². The number of hydrogen-bond acceptors (Lipinski definition) is 8. The molecule has 2 aliphatic heterocycles. The highest BCUT2D eigenvalue weighted by Crippen LogP contribution is 2.20. The van der Waals surface area contributed by atoms with Crippen LogP contribution in [-0.2, 0) is 13.1 Å². The number of rotatable bonds is 8. The normalized spacial score (nSPS) is 17.9. The van der Waals surface area contributed by atoms with E-state index in [1.54, 1.807) is 23.1 Å². The lowest BCUT2D eigenvalue weighted by Gasteiger charge is -2.33. The van der Waals surface area contributed by atoms with Crippen LogP contribution in [0.5, 0.6) is 5.88 Å². The molecular formula is C31H36N6O5. The number of aromatic nitrogens is 2. The van der Waals surface area contributed by atoms with Crippen LogP contribution in [0.25, 0.3) is 0 Å². The SMILES string of the molecule is CC1CCCCN1Cc1ccc(C(=O)Nc2ccc(OC(=O)N3CCN(Cc4ccc(C(=O)O)cn4)CC3)nc2)cc1. The number of hydrogen-bond donors (Lipinski definition) is 2. The van der Waals surface area contributed by atoms with Crippen LogP contribution in [-0.4, -0.2) is 86.5 Å². The highest BCUT2D eigenvalue weighted by Gasteiger charge is 2.23. The summed E-state index contributed by atoms with van der Waals surface area (Å²) < 4.78 is 5.44. The number of carboxylic acids is 1. The van der Waals surface area contributed by atoms with Gasteiger partial charge < -0.3 is 20.1 Å². The van der Waals surface area contributed by atoms with Crippen LogP contribution >= 0.6 is 0 Å². The van der Waals surface area contributed by atoms with Crippen molar-refractivity contribution in [1.29, 1.82) is 0 Å². The second-order valence-corrected chi connectivity index (χ2v) is 10.8. The van der Waals surface area contributed by atoms with Crippen LogP contribution in [0.2, 0.25) is 0 Å². The van der Waals surface area contributed by atoms with Gasteiger partial charge in [-0.05, 0) is 62.2 Å². The largest absolute Gasteiger partial charge is 0.478 e. The molecule has 4 heterocycles. The topological polar surface area (TPSA) is 128 Å². The van der Waals surface area contributed by atoms with Gasteiger partial charge in [0.1, 0.15) is 0 Å². The Morgan fingerprint density at radius 3 is 2.29 bits per heavy atom. The van der Waals surface area contributed by atoms with Crippen molar-refractivity contribution >= 4 is 23.7 Å². The first kappa shape index (κ1) is 29.2. The summed E-state index contributed by atoms with van der Waals surface area (Å²) in [7, 11) is 0. The summed E-state index contributed by atoms with van der Waals surface area (Å²) in [6.07, 6.45) is 6.10. The second kappa shape index (κ2) is 13.5. The zero-order valence-electron chi connectivity index (χ0n) is 23.7. The average molecular weight is 573 g/mol. The van der Waals surface area contributed by atoms with E-state index < -0.39 is 12.1 Å². The number of nitrogens with one attached hydrogen (secondary N) is 1. The third-order valence-electron chi connectivity index (χ3n) is 7.82. The number of piperazine rings is 1. The van der Waals surface area contributed by atoms with E-state index in [1.165, 1.54) is 43.3 Å². The van der Waals surface area contributed by atoms with Crippen LogP contribution < -0.4 is 10.1 Å². The number of carbonyl (C=O) groups is 3. The summed E-state index contributed by atoms with van der Waals surface area (Å²) in [6, 6.07) is 14.7. The molecule has 0 radical (unpaired) electrons. The van der Waals surface area contributed by atoms with Gasteiger partial charge in [-0.1, -0.05) is 18.6 Å². The van der Waals surface area contributed by atoms with Gasteiger partial charge >= 0.3 is 12.1 Å². The molecule has 2 amide bonds. The van der Waals surface area contributed by atoms with Crippen molar-refractivity contribution < 1.29 is 24.2 Å². The van der Waals surface area contributed by atoms with E-state index >= 15 is 0 Å². The lowest BCUT2D eigenvalue weighted by atomic mass is 10.0. The predicted octanol–water partition coefficient (Wildman–Crippen LogP) is 4.12. The number of amides is 2. The Hall–Kier alpha value is -4.35. The number of piperidine rings is 1. The highest BCUT2D eigenvalue weighted by molar-refractivity contribution is 6.04. The van der Waals surface area contributed by atoms with Gasteiger partial charge in [-0.2, -0.15) is 0 Å². The highest BCUT2D eigenvalue weighted by atomic mass is 16.6. The quantitative estimate of drug-likeness (QED) is 0.410. The maximum absolute atomic E-state index is 12.7. The second-order valence-electron chi connectivity index (χ2n) is 10.8. The lowest BCUT2D eigenvalue weighted by Crippen LogP contribution is -2.49. The van der Waals surface area contributed by atoms with E-state index in [0.29, 0.717) is 50.0 Å². The van der Waals surface area contributed by atoms with Crippen LogP contribution in [0, 0.1) is 0 Å². The standard InChI is InChI=1S/C31H36N6O5/c1-22-4-2-3-13-37(22)20-23-5-7-24(8-6-23)29(38)34-26-11-12-28(33-19-26)42-31(41)36-16-14-35(15-17-36)21-27-10-9-25(18-32-27)30(39)40/h5-12,18-19,22H,2-4,13-17,20-21H2,1H3,(H,34,38)(H,39,40). The molecule has 1 atom stereocenters. The van der Waals surface area contributed by atoms with Crippen LogP contribution in [0.15, 0.2) is 60.9 Å². The van der Waals surface area contributed by atoms with E-state index in [0.717, 1.165) is 18.8 Å². The zero-order chi connectivity index (χ0) is 29.5. The van der Waals surface area contributed by atoms with Crippen molar-refractivity contribution in [2.75, 3.05) is 38.0 Å². The Kier molecular flexibility index (Phi) is 9.40. The number of aromatic carboxylic acids is 1. The minimum atomic E-state index is -1.01. The molecule has 0 spiro atoms. The molecule has 0 bridgehead atoms. The Morgan fingerprint density at radius 1 is 0.881 bits per heavy atom. The number of likely N-dealkylation sites (tertiary alicyclic amines) is 1. The van der Waals surface area contributed by atoms with Gasteiger partial charge in [-0.25, -0.2) is 14.6 Å². The number of nitrogens with zero attached hydrogens (tertiary/aromatic N) is 5. The zero-order valence-corrected chi connectivity index (χ0v) is 23.7. The summed E-state index contributed by atoms with van der Waals surface area (Å²) >= 11 is 0. The van der Waals surface area contributed by atoms with Gasteiger partial charge in [-0.3, -0.25) is 19.6 Å². The molecule has 11 nitrogen and oxygen atoms in total. The number of pyridine rings is 2. The van der Waals surface area contributed by atoms with Gasteiger partial charge in [0.25, 0.3) is 5.91 Å². The number of carbonyl (C=O) groups excluding carboxylic acids is 2. The molecule has 0 aliphatic carbocycles. The molecule has 220 valence electrons. The van der Waals surface area contributed by atoms with Crippen molar-refractivity contribution in [2.45, 2.75) is 45.3 Å². The lowest BCUT2D eigenvalue weighted by molar-refractivity contribution is 0.0696. The molecule has 2 N–H and O–H groups in total. The first-order valence-electron chi connectivity index (χ1n) is 14.3. The molecule has 1 unspecified atom stereocenters. The molecule has 2 saturated heterocycles. The summed E-state index contributed by atoms with van der Waals surface area (Å²) in [5, 5.41) is 11.8. The number of anilines is 1. The van der Waals surface area contributed by atoms with Gasteiger partial charge in [0, 0.05) is 63.1 Å². The van der Waals surface area contributed by atoms with Crippen LogP contribution in [0.4, 0.5) is 10.5 Å². The Labute approximate surface area is 245 Å². The fourth-order valence-corrected chi connectivity index (χ4v) is 5.22. The first-order valence-corrected chi connectivity index (χ1v) is 14.3. The molecule has 2 fully saturated rings. The molecule has 2 aromatic heterocycles. The number of benzene rings is 1. The Morgan fingerprint density at radius 2 is 1.64 bits per heavy atom. The fraction of sp³-hybridized carbons (Fsp3) is 0.387. The summed E-state index contributed by atoms with van der Waals surface area (Å²) in [5.41, 5.74) is 3.18. The van der Waals surface area contributed by atoms with Crippen molar-refractivity contribution in [1.82, 2.24) is 24.7 Å². The van der Waals surface area contributed by atoms with E-state index in [4.69, 9.17) is 9.84 Å². The molecule has 0 saturated carbocycles. The average Bonchev–Trinajstić information content (AvgIpc) is 3.00. The third-order valence-corrected chi connectivity index (χ3v) is 7.82. The smallest absolute Gasteiger partial charge is 0.416 e. The maximum atomic E-state index is 12.7. The van der Waals surface area contributed by atoms with Gasteiger partial charge in [0.05, 0.1) is 23.1 Å². The van der Waals surface area contributed by atoms with Gasteiger partial charge in [0.15, 0.2) is 0 Å². The maximum Gasteiger partial charge on any atom is 0.416 e. The van der Waals surface area contributed by atoms with E-state index in [-0.39, 0.29) is 17.4 Å². The molecule has 5 rings (SSSR count). The minimum Gasteiger partial charge on any atom is -0.478 e. The van der Waals surface area contributed by atoms with E-state index in [2.05, 4.69) is 32.0 Å². The molecule has 42 heavy (non-hydrogen) atoms. The van der Waals surface area contributed by atoms with Crippen molar-refractivity contribution in [3.63, 3.8) is 0 Å². The Bertz CT molecular complexity index is 1370. The minimum absolute atomic E-state index is 0.151. The third kappa shape index (κ3) is 7.68. The summed E-state index contributed by atoms with van der Waals surface area (Å²) in [4.78, 5) is 51.0. The van der Waals surface area contributed by atoms with E-state index in [1.807, 2.05) is 24.3 Å². The summed E-state index contributed by atoms with van der Waals surface area (Å²) in [5.74, 6) is -1.08.